The Morgan fingerprint density at radius 3 is 2.80 bits per heavy atom. The Kier molecular flexibility index (Phi) is 3.19. The van der Waals surface area contributed by atoms with Gasteiger partial charge < -0.3 is 10.6 Å². The summed E-state index contributed by atoms with van der Waals surface area (Å²) in [6, 6.07) is 6.87. The van der Waals surface area contributed by atoms with Gasteiger partial charge in [-0.1, -0.05) is 0 Å². The molecule has 0 unspecified atom stereocenters. The monoisotopic (exact) mass is 309 g/mol. The van der Waals surface area contributed by atoms with Crippen LogP contribution in [0, 0.1) is 0 Å². The van der Waals surface area contributed by atoms with Crippen molar-refractivity contribution in [1.29, 1.82) is 0 Å². The summed E-state index contributed by atoms with van der Waals surface area (Å²) in [6.07, 6.45) is 0.965. The lowest BCUT2D eigenvalue weighted by Gasteiger charge is -2.29. The molecular formula is C13H15N3O2S2. The molecule has 106 valence electrons. The SMILES string of the molecule is Nc1cc(N2CCc3sccc3C2)cc(S(N)(=O)=O)c1. The van der Waals surface area contributed by atoms with E-state index in [1.165, 1.54) is 16.5 Å². The topological polar surface area (TPSA) is 89.4 Å². The normalized spacial score (nSPS) is 15.2. The Hall–Kier alpha value is -1.57. The molecule has 2 aromatic rings. The summed E-state index contributed by atoms with van der Waals surface area (Å²) in [5, 5.41) is 7.27. The number of benzene rings is 1. The van der Waals surface area contributed by atoms with Crippen molar-refractivity contribution in [2.45, 2.75) is 17.9 Å². The predicted octanol–water partition coefficient (Wildman–Crippen LogP) is 1.54. The molecule has 0 radical (unpaired) electrons. The molecule has 20 heavy (non-hydrogen) atoms. The minimum absolute atomic E-state index is 0.0589. The van der Waals surface area contributed by atoms with Gasteiger partial charge in [0.1, 0.15) is 0 Å². The largest absolute Gasteiger partial charge is 0.399 e. The first-order valence-electron chi connectivity index (χ1n) is 6.17. The van der Waals surface area contributed by atoms with Gasteiger partial charge in [-0.3, -0.25) is 0 Å². The predicted molar refractivity (Wildman–Crippen MR) is 81.3 cm³/mol. The van der Waals surface area contributed by atoms with E-state index in [-0.39, 0.29) is 4.90 Å². The first kappa shape index (κ1) is 13.4. The highest BCUT2D eigenvalue weighted by Crippen LogP contribution is 2.30. The molecule has 0 bridgehead atoms. The Morgan fingerprint density at radius 2 is 2.05 bits per heavy atom. The Labute approximate surface area is 121 Å². The quantitative estimate of drug-likeness (QED) is 0.824. The first-order valence-corrected chi connectivity index (χ1v) is 8.59. The maximum Gasteiger partial charge on any atom is 0.238 e. The van der Waals surface area contributed by atoms with Crippen LogP contribution in [0.5, 0.6) is 0 Å². The number of hydrogen-bond acceptors (Lipinski definition) is 5. The third-order valence-electron chi connectivity index (χ3n) is 3.41. The fourth-order valence-corrected chi connectivity index (χ4v) is 3.90. The van der Waals surface area contributed by atoms with Crippen LogP contribution < -0.4 is 15.8 Å². The van der Waals surface area contributed by atoms with Gasteiger partial charge >= 0.3 is 0 Å². The molecule has 0 spiro atoms. The molecule has 1 aromatic carbocycles. The number of nitrogen functional groups attached to an aromatic ring is 1. The number of sulfonamides is 1. The number of nitrogens with zero attached hydrogens (tertiary/aromatic N) is 1. The van der Waals surface area contributed by atoms with Crippen LogP contribution in [0.4, 0.5) is 11.4 Å². The highest BCUT2D eigenvalue weighted by molar-refractivity contribution is 7.89. The second-order valence-corrected chi connectivity index (χ2v) is 7.41. The summed E-state index contributed by atoms with van der Waals surface area (Å²) in [4.78, 5) is 3.58. The lowest BCUT2D eigenvalue weighted by atomic mass is 10.1. The zero-order valence-electron chi connectivity index (χ0n) is 10.7. The first-order chi connectivity index (χ1) is 9.43. The van der Waals surface area contributed by atoms with E-state index in [0.29, 0.717) is 5.69 Å². The number of anilines is 2. The molecule has 3 rings (SSSR count). The van der Waals surface area contributed by atoms with Gasteiger partial charge in [0.15, 0.2) is 0 Å². The van der Waals surface area contributed by atoms with Crippen LogP contribution in [0.1, 0.15) is 10.4 Å². The summed E-state index contributed by atoms with van der Waals surface area (Å²) in [7, 11) is -3.74. The number of nitrogens with two attached hydrogens (primary N) is 2. The fourth-order valence-electron chi connectivity index (χ4n) is 2.42. The summed E-state index contributed by atoms with van der Waals surface area (Å²) in [5.41, 5.74) is 8.29. The van der Waals surface area contributed by atoms with Gasteiger partial charge in [0.05, 0.1) is 4.90 Å². The van der Waals surface area contributed by atoms with Crippen molar-refractivity contribution >= 4 is 32.7 Å². The van der Waals surface area contributed by atoms with E-state index >= 15 is 0 Å². The molecule has 0 saturated heterocycles. The number of fused-ring (bicyclic) bond motifs is 1. The van der Waals surface area contributed by atoms with Gasteiger partial charge in [-0.15, -0.1) is 11.3 Å². The molecule has 1 aliphatic heterocycles. The van der Waals surface area contributed by atoms with Gasteiger partial charge in [-0.2, -0.15) is 0 Å². The van der Waals surface area contributed by atoms with Crippen LogP contribution in [0.25, 0.3) is 0 Å². The lowest BCUT2D eigenvalue weighted by molar-refractivity contribution is 0.597. The molecule has 0 saturated carbocycles. The summed E-state index contributed by atoms with van der Waals surface area (Å²) in [5.74, 6) is 0. The minimum Gasteiger partial charge on any atom is -0.399 e. The molecule has 2 heterocycles. The maximum absolute atomic E-state index is 11.5. The standard InChI is InChI=1S/C13H15N3O2S2/c14-10-5-11(7-12(6-10)20(15,17)18)16-3-1-13-9(8-16)2-4-19-13/h2,4-7H,1,3,8,14H2,(H2,15,17,18). The number of rotatable bonds is 2. The van der Waals surface area contributed by atoms with Crippen LogP contribution in [-0.4, -0.2) is 15.0 Å². The fraction of sp³-hybridized carbons (Fsp3) is 0.231. The zero-order chi connectivity index (χ0) is 14.3. The van der Waals surface area contributed by atoms with Gasteiger partial charge in [-0.05, 0) is 41.6 Å². The van der Waals surface area contributed by atoms with Crippen molar-refractivity contribution in [2.24, 2.45) is 5.14 Å². The van der Waals surface area contributed by atoms with E-state index < -0.39 is 10.0 Å². The molecule has 1 aromatic heterocycles. The van der Waals surface area contributed by atoms with Crippen molar-refractivity contribution in [3.05, 3.63) is 40.1 Å². The molecule has 1 aliphatic rings. The van der Waals surface area contributed by atoms with Crippen molar-refractivity contribution in [1.82, 2.24) is 0 Å². The molecule has 4 N–H and O–H groups in total. The van der Waals surface area contributed by atoms with Gasteiger partial charge in [0.2, 0.25) is 10.0 Å². The Balaban J connectivity index is 1.98. The van der Waals surface area contributed by atoms with E-state index in [1.54, 1.807) is 23.5 Å². The highest BCUT2D eigenvalue weighted by Gasteiger charge is 2.19. The van der Waals surface area contributed by atoms with E-state index in [2.05, 4.69) is 16.3 Å². The molecule has 0 amide bonds. The van der Waals surface area contributed by atoms with Crippen LogP contribution in [-0.2, 0) is 23.0 Å². The third-order valence-corrected chi connectivity index (χ3v) is 5.33. The molecule has 0 aliphatic carbocycles. The van der Waals surface area contributed by atoms with Crippen LogP contribution in [0.15, 0.2) is 34.5 Å². The Morgan fingerprint density at radius 1 is 1.25 bits per heavy atom. The number of primary sulfonamides is 1. The summed E-state index contributed by atoms with van der Waals surface area (Å²) < 4.78 is 23.0. The van der Waals surface area contributed by atoms with Gasteiger partial charge in [0.25, 0.3) is 0 Å². The van der Waals surface area contributed by atoms with E-state index in [1.807, 2.05) is 0 Å². The molecular weight excluding hydrogens is 294 g/mol. The van der Waals surface area contributed by atoms with Crippen molar-refractivity contribution < 1.29 is 8.42 Å². The Bertz CT molecular complexity index is 753. The van der Waals surface area contributed by atoms with Crippen molar-refractivity contribution in [2.75, 3.05) is 17.2 Å². The minimum atomic E-state index is -3.74. The van der Waals surface area contributed by atoms with Crippen molar-refractivity contribution in [3.8, 4) is 0 Å². The van der Waals surface area contributed by atoms with Crippen LogP contribution >= 0.6 is 11.3 Å². The van der Waals surface area contributed by atoms with Crippen molar-refractivity contribution in [3.63, 3.8) is 0 Å². The maximum atomic E-state index is 11.5. The summed E-state index contributed by atoms with van der Waals surface area (Å²) >= 11 is 1.77. The summed E-state index contributed by atoms with van der Waals surface area (Å²) in [6.45, 7) is 1.62. The highest BCUT2D eigenvalue weighted by atomic mass is 32.2. The van der Waals surface area contributed by atoms with Crippen LogP contribution in [0.2, 0.25) is 0 Å². The van der Waals surface area contributed by atoms with E-state index in [4.69, 9.17) is 10.9 Å². The van der Waals surface area contributed by atoms with E-state index in [9.17, 15) is 8.42 Å². The van der Waals surface area contributed by atoms with E-state index in [0.717, 1.165) is 25.2 Å². The number of hydrogen-bond donors (Lipinski definition) is 2. The van der Waals surface area contributed by atoms with Gasteiger partial charge in [-0.25, -0.2) is 13.6 Å². The van der Waals surface area contributed by atoms with Gasteiger partial charge in [0, 0.05) is 29.3 Å². The second kappa shape index (κ2) is 4.76. The molecule has 5 nitrogen and oxygen atoms in total. The lowest BCUT2D eigenvalue weighted by Crippen LogP contribution is -2.29. The zero-order valence-corrected chi connectivity index (χ0v) is 12.4. The molecule has 7 heteroatoms. The molecule has 0 atom stereocenters. The second-order valence-electron chi connectivity index (χ2n) is 4.85. The molecule has 0 fully saturated rings. The van der Waals surface area contributed by atoms with Crippen LogP contribution in [0.3, 0.4) is 0 Å². The average molecular weight is 309 g/mol. The smallest absolute Gasteiger partial charge is 0.238 e. The number of thiophene rings is 1. The third kappa shape index (κ3) is 2.52. The average Bonchev–Trinajstić information content (AvgIpc) is 2.84.